The zero-order chi connectivity index (χ0) is 13.6. The fourth-order valence-electron chi connectivity index (χ4n) is 2.09. The Morgan fingerprint density at radius 3 is 2.78 bits per heavy atom. The maximum atomic E-state index is 11.7. The van der Waals surface area contributed by atoms with E-state index in [9.17, 15) is 4.79 Å². The van der Waals surface area contributed by atoms with Gasteiger partial charge in [0.1, 0.15) is 5.60 Å². The molecule has 1 aliphatic rings. The van der Waals surface area contributed by atoms with Gasteiger partial charge in [-0.1, -0.05) is 13.8 Å². The smallest absolute Gasteiger partial charge is 0.407 e. The number of hydrogen-bond donors (Lipinski definition) is 2. The fraction of sp³-hybridized carbons (Fsp3) is 0.929. The number of amides is 1. The Labute approximate surface area is 111 Å². The summed E-state index contributed by atoms with van der Waals surface area (Å²) in [5, 5.41) is 6.15. The summed E-state index contributed by atoms with van der Waals surface area (Å²) in [6.45, 7) is 11.1. The molecule has 1 atom stereocenters. The van der Waals surface area contributed by atoms with Crippen LogP contribution in [0.4, 0.5) is 4.79 Å². The number of alkyl carbamates (subject to hydrolysis) is 1. The van der Waals surface area contributed by atoms with E-state index in [1.807, 2.05) is 13.8 Å². The highest BCUT2D eigenvalue weighted by molar-refractivity contribution is 5.67. The van der Waals surface area contributed by atoms with Crippen LogP contribution < -0.4 is 10.6 Å². The summed E-state index contributed by atoms with van der Waals surface area (Å²) in [6, 6.07) is 0. The molecule has 1 amide bonds. The minimum absolute atomic E-state index is 0.282. The zero-order valence-corrected chi connectivity index (χ0v) is 12.2. The van der Waals surface area contributed by atoms with E-state index < -0.39 is 0 Å². The predicted octanol–water partition coefficient (Wildman–Crippen LogP) is 2.54. The Kier molecular flexibility index (Phi) is 5.93. The van der Waals surface area contributed by atoms with Gasteiger partial charge in [0.05, 0.1) is 0 Å². The first-order valence-electron chi connectivity index (χ1n) is 7.06. The van der Waals surface area contributed by atoms with Gasteiger partial charge in [-0.2, -0.15) is 0 Å². The lowest BCUT2D eigenvalue weighted by molar-refractivity contribution is 0.0285. The molecule has 0 radical (unpaired) electrons. The Bertz CT molecular complexity index is 259. The first-order valence-corrected chi connectivity index (χ1v) is 7.06. The molecule has 1 aliphatic heterocycles. The Balaban J connectivity index is 2.20. The molecule has 2 N–H and O–H groups in total. The van der Waals surface area contributed by atoms with Crippen LogP contribution in [0.2, 0.25) is 0 Å². The van der Waals surface area contributed by atoms with Crippen LogP contribution in [0.25, 0.3) is 0 Å². The van der Waals surface area contributed by atoms with Crippen molar-refractivity contribution in [3.8, 4) is 0 Å². The van der Waals surface area contributed by atoms with Gasteiger partial charge in [0.2, 0.25) is 0 Å². The highest BCUT2D eigenvalue weighted by Crippen LogP contribution is 2.20. The molecule has 0 aromatic heterocycles. The van der Waals surface area contributed by atoms with Crippen LogP contribution >= 0.6 is 0 Å². The van der Waals surface area contributed by atoms with Crippen molar-refractivity contribution in [2.75, 3.05) is 19.6 Å². The topological polar surface area (TPSA) is 50.4 Å². The number of ether oxygens (including phenoxy) is 1. The molecule has 0 aromatic carbocycles. The summed E-state index contributed by atoms with van der Waals surface area (Å²) in [4.78, 5) is 11.7. The maximum absolute atomic E-state index is 11.7. The van der Waals surface area contributed by atoms with Gasteiger partial charge in [0, 0.05) is 6.54 Å². The molecule has 1 rings (SSSR count). The molecule has 1 saturated heterocycles. The number of carbonyl (C=O) groups is 1. The second-order valence-electron chi connectivity index (χ2n) is 6.32. The average Bonchev–Trinajstić information content (AvgIpc) is 2.76. The molecular formula is C14H28N2O2. The lowest BCUT2D eigenvalue weighted by Crippen LogP contribution is -2.37. The van der Waals surface area contributed by atoms with E-state index in [0.29, 0.717) is 18.4 Å². The summed E-state index contributed by atoms with van der Waals surface area (Å²) in [5.74, 6) is 1.19. The molecule has 0 bridgehead atoms. The van der Waals surface area contributed by atoms with Crippen LogP contribution in [0.1, 0.15) is 47.0 Å². The third-order valence-electron chi connectivity index (χ3n) is 3.39. The summed E-state index contributed by atoms with van der Waals surface area (Å²) >= 11 is 0. The van der Waals surface area contributed by atoms with Gasteiger partial charge in [-0.25, -0.2) is 4.79 Å². The highest BCUT2D eigenvalue weighted by atomic mass is 16.6. The lowest BCUT2D eigenvalue weighted by atomic mass is 9.97. The predicted molar refractivity (Wildman–Crippen MR) is 73.6 cm³/mol. The quantitative estimate of drug-likeness (QED) is 0.768. The van der Waals surface area contributed by atoms with Crippen molar-refractivity contribution in [1.82, 2.24) is 10.6 Å². The number of rotatable bonds is 6. The molecule has 0 saturated carbocycles. The molecule has 0 unspecified atom stereocenters. The van der Waals surface area contributed by atoms with E-state index in [-0.39, 0.29) is 11.7 Å². The minimum atomic E-state index is -0.373. The first kappa shape index (κ1) is 15.3. The van der Waals surface area contributed by atoms with Gasteiger partial charge in [0.15, 0.2) is 0 Å². The van der Waals surface area contributed by atoms with Crippen LogP contribution in [0.3, 0.4) is 0 Å². The first-order chi connectivity index (χ1) is 8.39. The molecule has 1 heterocycles. The molecule has 1 fully saturated rings. The Hall–Kier alpha value is -0.770. The molecule has 4 nitrogen and oxygen atoms in total. The van der Waals surface area contributed by atoms with Gasteiger partial charge in [-0.05, 0) is 58.0 Å². The van der Waals surface area contributed by atoms with Gasteiger partial charge in [-0.15, -0.1) is 0 Å². The van der Waals surface area contributed by atoms with E-state index in [0.717, 1.165) is 32.4 Å². The average molecular weight is 256 g/mol. The Morgan fingerprint density at radius 1 is 1.50 bits per heavy atom. The summed E-state index contributed by atoms with van der Waals surface area (Å²) in [7, 11) is 0. The van der Waals surface area contributed by atoms with Gasteiger partial charge in [0.25, 0.3) is 0 Å². The van der Waals surface area contributed by atoms with E-state index in [4.69, 9.17) is 4.74 Å². The van der Waals surface area contributed by atoms with E-state index >= 15 is 0 Å². The van der Waals surface area contributed by atoms with E-state index in [1.54, 1.807) is 0 Å². The molecule has 18 heavy (non-hydrogen) atoms. The monoisotopic (exact) mass is 256 g/mol. The van der Waals surface area contributed by atoms with Crippen molar-refractivity contribution < 1.29 is 9.53 Å². The van der Waals surface area contributed by atoms with Crippen molar-refractivity contribution >= 4 is 6.09 Å². The third kappa shape index (κ3) is 6.24. The Morgan fingerprint density at radius 2 is 2.22 bits per heavy atom. The van der Waals surface area contributed by atoms with Crippen LogP contribution in [-0.2, 0) is 4.74 Å². The van der Waals surface area contributed by atoms with Crippen molar-refractivity contribution in [2.45, 2.75) is 52.6 Å². The number of carbonyl (C=O) groups excluding carboxylic acids is 1. The minimum Gasteiger partial charge on any atom is -0.444 e. The molecule has 0 spiro atoms. The van der Waals surface area contributed by atoms with Gasteiger partial charge in [-0.3, -0.25) is 0 Å². The lowest BCUT2D eigenvalue weighted by Gasteiger charge is -2.26. The maximum Gasteiger partial charge on any atom is 0.407 e. The van der Waals surface area contributed by atoms with E-state index in [2.05, 4.69) is 24.5 Å². The van der Waals surface area contributed by atoms with Crippen molar-refractivity contribution in [3.63, 3.8) is 0 Å². The standard InChI is InChI=1S/C14H28N2O2/c1-11(2)5-7-14(3,4)18-13(17)16-10-12-6-8-15-9-12/h11-12,15H,5-10H2,1-4H3,(H,16,17)/t12-/m1/s1. The zero-order valence-electron chi connectivity index (χ0n) is 12.2. The molecule has 4 heteroatoms. The summed E-state index contributed by atoms with van der Waals surface area (Å²) in [6.07, 6.45) is 2.84. The molecule has 106 valence electrons. The van der Waals surface area contributed by atoms with Crippen molar-refractivity contribution in [2.24, 2.45) is 11.8 Å². The number of nitrogens with one attached hydrogen (secondary N) is 2. The summed E-state index contributed by atoms with van der Waals surface area (Å²) in [5.41, 5.74) is -0.373. The number of hydrogen-bond acceptors (Lipinski definition) is 3. The van der Waals surface area contributed by atoms with Crippen LogP contribution in [-0.4, -0.2) is 31.3 Å². The highest BCUT2D eigenvalue weighted by Gasteiger charge is 2.23. The second kappa shape index (κ2) is 6.98. The molecule has 0 aromatic rings. The second-order valence-corrected chi connectivity index (χ2v) is 6.32. The normalized spacial score (nSPS) is 20.2. The van der Waals surface area contributed by atoms with Crippen LogP contribution in [0, 0.1) is 11.8 Å². The van der Waals surface area contributed by atoms with E-state index in [1.165, 1.54) is 0 Å². The molecular weight excluding hydrogens is 228 g/mol. The fourth-order valence-corrected chi connectivity index (χ4v) is 2.09. The van der Waals surface area contributed by atoms with Crippen molar-refractivity contribution in [3.05, 3.63) is 0 Å². The van der Waals surface area contributed by atoms with Crippen molar-refractivity contribution in [1.29, 1.82) is 0 Å². The van der Waals surface area contributed by atoms with Crippen LogP contribution in [0.5, 0.6) is 0 Å². The van der Waals surface area contributed by atoms with Gasteiger partial charge < -0.3 is 15.4 Å². The third-order valence-corrected chi connectivity index (χ3v) is 3.39. The summed E-state index contributed by atoms with van der Waals surface area (Å²) < 4.78 is 5.48. The van der Waals surface area contributed by atoms with Gasteiger partial charge >= 0.3 is 6.09 Å². The van der Waals surface area contributed by atoms with Crippen LogP contribution in [0.15, 0.2) is 0 Å². The molecule has 0 aliphatic carbocycles. The SMILES string of the molecule is CC(C)CCC(C)(C)OC(=O)NC[C@@H]1CCNC1. The largest absolute Gasteiger partial charge is 0.444 e.